The van der Waals surface area contributed by atoms with Gasteiger partial charge in [-0.2, -0.15) is 4.40 Å². The second kappa shape index (κ2) is 7.98. The molecule has 0 aliphatic heterocycles. The van der Waals surface area contributed by atoms with Crippen LogP contribution in [0.3, 0.4) is 0 Å². The van der Waals surface area contributed by atoms with Crippen molar-refractivity contribution < 1.29 is 18.4 Å². The Morgan fingerprint density at radius 2 is 2.00 bits per heavy atom. The number of halogens is 1. The fraction of sp³-hybridized carbons (Fsp3) is 0.167. The first-order chi connectivity index (χ1) is 13.3. The Morgan fingerprint density at radius 3 is 2.64 bits per heavy atom. The van der Waals surface area contributed by atoms with E-state index in [1.807, 2.05) is 0 Å². The van der Waals surface area contributed by atoms with Gasteiger partial charge in [0.15, 0.2) is 15.5 Å². The lowest BCUT2D eigenvalue weighted by Crippen LogP contribution is -2.07. The molecule has 28 heavy (non-hydrogen) atoms. The first kappa shape index (κ1) is 19.8. The summed E-state index contributed by atoms with van der Waals surface area (Å²) in [6.45, 7) is -0.140. The smallest absolute Gasteiger partial charge is 0.352 e. The quantitative estimate of drug-likeness (QED) is 0.386. The Hall–Kier alpha value is -2.93. The lowest BCUT2D eigenvalue weighted by Gasteiger charge is -2.02. The summed E-state index contributed by atoms with van der Waals surface area (Å²) in [4.78, 5) is 15.2. The standard InChI is InChI=1S/C18H14ClN3O5S/c19-14-10-13(6-4-5-9-23)17-20-16(18(22(24)25)21(17)11-14)12-28(26,27)15-7-2-1-3-8-15/h1-3,7-8,10-11,23H,5,9,12H2. The molecule has 0 atom stereocenters. The average molecular weight is 420 g/mol. The third-order valence-electron chi connectivity index (χ3n) is 3.79. The van der Waals surface area contributed by atoms with E-state index in [9.17, 15) is 18.5 Å². The molecule has 1 aromatic carbocycles. The number of rotatable bonds is 5. The summed E-state index contributed by atoms with van der Waals surface area (Å²) in [6.07, 6.45) is 1.49. The minimum atomic E-state index is -3.84. The van der Waals surface area contributed by atoms with Gasteiger partial charge in [0.1, 0.15) is 11.9 Å². The van der Waals surface area contributed by atoms with Crippen molar-refractivity contribution in [2.45, 2.75) is 17.1 Å². The topological polar surface area (TPSA) is 115 Å². The molecule has 10 heteroatoms. The predicted octanol–water partition coefficient (Wildman–Crippen LogP) is 2.60. The minimum absolute atomic E-state index is 0.0438. The zero-order valence-electron chi connectivity index (χ0n) is 14.4. The Labute approximate surface area is 165 Å². The molecule has 0 amide bonds. The van der Waals surface area contributed by atoms with Crippen LogP contribution in [0.5, 0.6) is 0 Å². The first-order valence-corrected chi connectivity index (χ1v) is 10.1. The molecule has 0 unspecified atom stereocenters. The van der Waals surface area contributed by atoms with Crippen molar-refractivity contribution in [1.82, 2.24) is 9.38 Å². The number of hydrogen-bond acceptors (Lipinski definition) is 6. The fourth-order valence-corrected chi connectivity index (χ4v) is 4.13. The zero-order chi connectivity index (χ0) is 20.3. The first-order valence-electron chi connectivity index (χ1n) is 8.06. The fourth-order valence-electron chi connectivity index (χ4n) is 2.63. The lowest BCUT2D eigenvalue weighted by atomic mass is 10.2. The van der Waals surface area contributed by atoms with E-state index in [1.54, 1.807) is 18.2 Å². The number of imidazole rings is 1. The molecule has 0 spiro atoms. The van der Waals surface area contributed by atoms with Crippen molar-refractivity contribution in [3.8, 4) is 11.8 Å². The predicted molar refractivity (Wildman–Crippen MR) is 103 cm³/mol. The number of fused-ring (bicyclic) bond motifs is 1. The molecule has 0 bridgehead atoms. The maximum atomic E-state index is 12.7. The molecule has 144 valence electrons. The Bertz CT molecular complexity index is 1210. The van der Waals surface area contributed by atoms with Crippen molar-refractivity contribution in [3.63, 3.8) is 0 Å². The molecule has 3 aromatic rings. The van der Waals surface area contributed by atoms with Gasteiger partial charge in [0.25, 0.3) is 0 Å². The summed E-state index contributed by atoms with van der Waals surface area (Å²) in [5, 5.41) is 20.7. The van der Waals surface area contributed by atoms with Crippen LogP contribution in [-0.2, 0) is 15.6 Å². The van der Waals surface area contributed by atoms with Crippen molar-refractivity contribution in [1.29, 1.82) is 0 Å². The van der Waals surface area contributed by atoms with Crippen LogP contribution in [0.1, 0.15) is 17.7 Å². The van der Waals surface area contributed by atoms with Gasteiger partial charge >= 0.3 is 5.82 Å². The molecule has 0 aliphatic carbocycles. The van der Waals surface area contributed by atoms with E-state index in [-0.39, 0.29) is 34.3 Å². The van der Waals surface area contributed by atoms with E-state index in [2.05, 4.69) is 16.8 Å². The summed E-state index contributed by atoms with van der Waals surface area (Å²) in [5.41, 5.74) is 0.216. The van der Waals surface area contributed by atoms with E-state index >= 15 is 0 Å². The normalized spacial score (nSPS) is 11.2. The number of pyridine rings is 1. The van der Waals surface area contributed by atoms with Crippen LogP contribution in [0, 0.1) is 22.0 Å². The Kier molecular flexibility index (Phi) is 5.65. The summed E-state index contributed by atoms with van der Waals surface area (Å²) in [5.74, 6) is 4.33. The Balaban J connectivity index is 2.18. The lowest BCUT2D eigenvalue weighted by molar-refractivity contribution is -0.391. The van der Waals surface area contributed by atoms with Crippen LogP contribution in [-0.4, -0.2) is 34.4 Å². The SMILES string of the molecule is O=[N+]([O-])c1c(CS(=O)(=O)c2ccccc2)nc2c(C#CCCO)cc(Cl)cn12. The van der Waals surface area contributed by atoms with Gasteiger partial charge in [0.2, 0.25) is 5.65 Å². The molecule has 8 nitrogen and oxygen atoms in total. The molecule has 0 saturated carbocycles. The summed E-state index contributed by atoms with van der Waals surface area (Å²) in [6, 6.07) is 9.12. The third kappa shape index (κ3) is 3.99. The van der Waals surface area contributed by atoms with Crippen LogP contribution < -0.4 is 0 Å². The van der Waals surface area contributed by atoms with E-state index in [1.165, 1.54) is 24.4 Å². The van der Waals surface area contributed by atoms with Crippen LogP contribution in [0.4, 0.5) is 5.82 Å². The van der Waals surface area contributed by atoms with E-state index in [4.69, 9.17) is 16.7 Å². The summed E-state index contributed by atoms with van der Waals surface area (Å²) >= 11 is 6.04. The maximum absolute atomic E-state index is 12.7. The molecule has 3 rings (SSSR count). The molecular formula is C18H14ClN3O5S. The second-order valence-corrected chi connectivity index (χ2v) is 8.18. The average Bonchev–Trinajstić information content (AvgIpc) is 3.00. The summed E-state index contributed by atoms with van der Waals surface area (Å²) in [7, 11) is -3.84. The minimum Gasteiger partial charge on any atom is -0.395 e. The van der Waals surface area contributed by atoms with E-state index in [0.29, 0.717) is 5.56 Å². The number of aromatic nitrogens is 2. The van der Waals surface area contributed by atoms with Crippen molar-refractivity contribution in [3.05, 3.63) is 69.0 Å². The number of sulfone groups is 1. The largest absolute Gasteiger partial charge is 0.395 e. The van der Waals surface area contributed by atoms with Crippen molar-refractivity contribution in [2.24, 2.45) is 0 Å². The van der Waals surface area contributed by atoms with E-state index in [0.717, 1.165) is 4.40 Å². The van der Waals surface area contributed by atoms with Crippen LogP contribution in [0.15, 0.2) is 47.5 Å². The van der Waals surface area contributed by atoms with Gasteiger partial charge < -0.3 is 15.2 Å². The molecule has 2 heterocycles. The van der Waals surface area contributed by atoms with Gasteiger partial charge in [0.05, 0.1) is 22.1 Å². The molecule has 0 fully saturated rings. The highest BCUT2D eigenvalue weighted by Crippen LogP contribution is 2.28. The number of benzene rings is 1. The molecule has 2 aromatic heterocycles. The van der Waals surface area contributed by atoms with Crippen molar-refractivity contribution >= 4 is 32.9 Å². The van der Waals surface area contributed by atoms with Gasteiger partial charge in [-0.3, -0.25) is 0 Å². The number of nitrogens with zero attached hydrogens (tertiary/aromatic N) is 3. The highest BCUT2D eigenvalue weighted by atomic mass is 35.5. The monoisotopic (exact) mass is 419 g/mol. The second-order valence-electron chi connectivity index (χ2n) is 5.75. The molecule has 1 N–H and O–H groups in total. The molecular weight excluding hydrogens is 406 g/mol. The van der Waals surface area contributed by atoms with Gasteiger partial charge in [-0.1, -0.05) is 41.6 Å². The van der Waals surface area contributed by atoms with Gasteiger partial charge in [-0.15, -0.1) is 0 Å². The van der Waals surface area contributed by atoms with E-state index < -0.39 is 26.3 Å². The number of hydrogen-bond donors (Lipinski definition) is 1. The van der Waals surface area contributed by atoms with Crippen molar-refractivity contribution in [2.75, 3.05) is 6.61 Å². The van der Waals surface area contributed by atoms with Crippen LogP contribution >= 0.6 is 11.6 Å². The molecule has 0 aliphatic rings. The molecule has 0 saturated heterocycles. The highest BCUT2D eigenvalue weighted by Gasteiger charge is 2.29. The third-order valence-corrected chi connectivity index (χ3v) is 5.64. The summed E-state index contributed by atoms with van der Waals surface area (Å²) < 4.78 is 26.5. The van der Waals surface area contributed by atoms with Gasteiger partial charge in [0, 0.05) is 6.42 Å². The molecule has 0 radical (unpaired) electrons. The maximum Gasteiger partial charge on any atom is 0.352 e. The number of aliphatic hydroxyl groups excluding tert-OH is 1. The van der Waals surface area contributed by atoms with Crippen LogP contribution in [0.2, 0.25) is 5.02 Å². The number of aliphatic hydroxyl groups is 1. The highest BCUT2D eigenvalue weighted by molar-refractivity contribution is 7.90. The Morgan fingerprint density at radius 1 is 1.29 bits per heavy atom. The van der Waals surface area contributed by atoms with Gasteiger partial charge in [-0.25, -0.2) is 13.4 Å². The van der Waals surface area contributed by atoms with Gasteiger partial charge in [-0.05, 0) is 23.1 Å². The number of nitro groups is 1. The zero-order valence-corrected chi connectivity index (χ0v) is 15.9. The van der Waals surface area contributed by atoms with Crippen LogP contribution in [0.25, 0.3) is 5.65 Å².